The number of hydrogen-bond donors (Lipinski definition) is 1. The minimum absolute atomic E-state index is 0.0996. The van der Waals surface area contributed by atoms with Crippen LogP contribution in [0, 0.1) is 18.7 Å². The van der Waals surface area contributed by atoms with E-state index in [9.17, 15) is 4.39 Å². The number of hydrogen-bond acceptors (Lipinski definition) is 2. The molecule has 2 unspecified atom stereocenters. The predicted octanol–water partition coefficient (Wildman–Crippen LogP) is 2.32. The number of aryl methyl sites for hydroxylation is 1. The van der Waals surface area contributed by atoms with E-state index in [4.69, 9.17) is 0 Å². The normalized spacial score (nSPS) is 28.3. The number of likely N-dealkylation sites (tertiary alicyclic amines) is 1. The summed E-state index contributed by atoms with van der Waals surface area (Å²) < 4.78 is 13.2. The lowest BCUT2D eigenvalue weighted by molar-refractivity contribution is 0.156. The van der Waals surface area contributed by atoms with Gasteiger partial charge in [-0.3, -0.25) is 4.90 Å². The van der Waals surface area contributed by atoms with Gasteiger partial charge in [0.05, 0.1) is 0 Å². The smallest absolute Gasteiger partial charge is 0.126 e. The molecule has 2 atom stereocenters. The van der Waals surface area contributed by atoms with E-state index in [1.54, 1.807) is 6.07 Å². The number of halogens is 1. The Morgan fingerprint density at radius 3 is 3.11 bits per heavy atom. The molecule has 0 radical (unpaired) electrons. The van der Waals surface area contributed by atoms with Gasteiger partial charge in [0.2, 0.25) is 0 Å². The molecule has 1 aromatic carbocycles. The van der Waals surface area contributed by atoms with Gasteiger partial charge in [-0.25, -0.2) is 4.39 Å². The minimum atomic E-state index is -0.0996. The number of nitrogens with one attached hydrogen (secondary N) is 1. The quantitative estimate of drug-likeness (QED) is 0.864. The maximum Gasteiger partial charge on any atom is 0.126 e. The number of nitrogens with zero attached hydrogens (tertiary/aromatic N) is 1. The van der Waals surface area contributed by atoms with Crippen molar-refractivity contribution < 1.29 is 4.39 Å². The van der Waals surface area contributed by atoms with Gasteiger partial charge in [0.1, 0.15) is 5.82 Å². The first kappa shape index (κ1) is 12.1. The van der Waals surface area contributed by atoms with Gasteiger partial charge in [-0.15, -0.1) is 0 Å². The highest BCUT2D eigenvalue weighted by molar-refractivity contribution is 5.23. The molecular formula is C15H21FN2. The van der Waals surface area contributed by atoms with Crippen LogP contribution in [0.2, 0.25) is 0 Å². The topological polar surface area (TPSA) is 15.3 Å². The molecule has 1 N–H and O–H groups in total. The molecule has 98 valence electrons. The average Bonchev–Trinajstić information content (AvgIpc) is 2.81. The van der Waals surface area contributed by atoms with Gasteiger partial charge in [0, 0.05) is 19.1 Å². The van der Waals surface area contributed by atoms with Crippen molar-refractivity contribution in [1.82, 2.24) is 10.2 Å². The Balaban J connectivity index is 1.64. The number of rotatable bonds is 2. The number of piperidine rings is 1. The monoisotopic (exact) mass is 248 g/mol. The Morgan fingerprint density at radius 1 is 1.39 bits per heavy atom. The molecule has 18 heavy (non-hydrogen) atoms. The first-order valence-electron chi connectivity index (χ1n) is 6.93. The third kappa shape index (κ3) is 2.43. The van der Waals surface area contributed by atoms with Crippen LogP contribution in [0.15, 0.2) is 18.2 Å². The maximum atomic E-state index is 13.2. The van der Waals surface area contributed by atoms with Gasteiger partial charge in [0.15, 0.2) is 0 Å². The van der Waals surface area contributed by atoms with Gasteiger partial charge in [0.25, 0.3) is 0 Å². The van der Waals surface area contributed by atoms with Crippen LogP contribution in [0.4, 0.5) is 4.39 Å². The van der Waals surface area contributed by atoms with Crippen molar-refractivity contribution in [3.63, 3.8) is 0 Å². The summed E-state index contributed by atoms with van der Waals surface area (Å²) in [7, 11) is 0. The average molecular weight is 248 g/mol. The lowest BCUT2D eigenvalue weighted by Crippen LogP contribution is -2.43. The van der Waals surface area contributed by atoms with Crippen molar-refractivity contribution in [3.05, 3.63) is 35.1 Å². The van der Waals surface area contributed by atoms with Crippen LogP contribution in [-0.4, -0.2) is 30.6 Å². The number of benzene rings is 1. The Morgan fingerprint density at radius 2 is 2.28 bits per heavy atom. The van der Waals surface area contributed by atoms with Crippen molar-refractivity contribution in [2.24, 2.45) is 5.92 Å². The summed E-state index contributed by atoms with van der Waals surface area (Å²) in [5.74, 6) is 0.720. The summed E-state index contributed by atoms with van der Waals surface area (Å²) in [6.07, 6.45) is 2.56. The zero-order valence-corrected chi connectivity index (χ0v) is 11.0. The largest absolute Gasteiger partial charge is 0.314 e. The van der Waals surface area contributed by atoms with Gasteiger partial charge < -0.3 is 5.32 Å². The van der Waals surface area contributed by atoms with Crippen molar-refractivity contribution in [2.75, 3.05) is 19.6 Å². The highest BCUT2D eigenvalue weighted by Gasteiger charge is 2.32. The molecule has 3 rings (SSSR count). The first-order valence-corrected chi connectivity index (χ1v) is 6.93. The molecule has 2 saturated heterocycles. The van der Waals surface area contributed by atoms with E-state index in [2.05, 4.69) is 10.2 Å². The van der Waals surface area contributed by atoms with Crippen LogP contribution in [-0.2, 0) is 6.54 Å². The van der Waals surface area contributed by atoms with Crippen LogP contribution in [0.3, 0.4) is 0 Å². The molecule has 2 aliphatic rings. The summed E-state index contributed by atoms with van der Waals surface area (Å²) in [5.41, 5.74) is 1.99. The molecule has 2 heterocycles. The van der Waals surface area contributed by atoms with Gasteiger partial charge >= 0.3 is 0 Å². The molecule has 0 bridgehead atoms. The molecule has 0 aliphatic carbocycles. The van der Waals surface area contributed by atoms with Gasteiger partial charge in [-0.05, 0) is 56.0 Å². The molecule has 0 saturated carbocycles. The van der Waals surface area contributed by atoms with Crippen LogP contribution in [0.1, 0.15) is 24.0 Å². The Hall–Kier alpha value is -0.930. The van der Waals surface area contributed by atoms with Crippen molar-refractivity contribution in [3.8, 4) is 0 Å². The van der Waals surface area contributed by atoms with Crippen molar-refractivity contribution in [1.29, 1.82) is 0 Å². The first-order chi connectivity index (χ1) is 8.72. The van der Waals surface area contributed by atoms with Crippen molar-refractivity contribution in [2.45, 2.75) is 32.4 Å². The summed E-state index contributed by atoms with van der Waals surface area (Å²) >= 11 is 0. The second kappa shape index (κ2) is 4.98. The molecule has 0 aromatic heterocycles. The SMILES string of the molecule is Cc1cc(CN2CCC3NCCC3C2)ccc1F. The fourth-order valence-corrected chi connectivity index (χ4v) is 3.33. The lowest BCUT2D eigenvalue weighted by atomic mass is 9.93. The third-order valence-electron chi connectivity index (χ3n) is 4.37. The van der Waals surface area contributed by atoms with Crippen LogP contribution >= 0.6 is 0 Å². The molecule has 2 fully saturated rings. The molecular weight excluding hydrogens is 227 g/mol. The van der Waals surface area contributed by atoms with Crippen LogP contribution in [0.25, 0.3) is 0 Å². The van der Waals surface area contributed by atoms with Crippen molar-refractivity contribution >= 4 is 0 Å². The zero-order chi connectivity index (χ0) is 12.5. The second-order valence-corrected chi connectivity index (χ2v) is 5.72. The Labute approximate surface area is 108 Å². The second-order valence-electron chi connectivity index (χ2n) is 5.72. The van der Waals surface area contributed by atoms with Crippen LogP contribution in [0.5, 0.6) is 0 Å². The zero-order valence-electron chi connectivity index (χ0n) is 11.0. The fourth-order valence-electron chi connectivity index (χ4n) is 3.33. The van der Waals surface area contributed by atoms with Gasteiger partial charge in [-0.2, -0.15) is 0 Å². The molecule has 0 spiro atoms. The summed E-state index contributed by atoms with van der Waals surface area (Å²) in [6.45, 7) is 6.33. The summed E-state index contributed by atoms with van der Waals surface area (Å²) in [4.78, 5) is 2.51. The highest BCUT2D eigenvalue weighted by atomic mass is 19.1. The Kier molecular flexibility index (Phi) is 3.35. The molecule has 1 aromatic rings. The predicted molar refractivity (Wildman–Crippen MR) is 70.9 cm³/mol. The van der Waals surface area contributed by atoms with E-state index in [0.717, 1.165) is 30.6 Å². The van der Waals surface area contributed by atoms with E-state index < -0.39 is 0 Å². The molecule has 0 amide bonds. The molecule has 3 heteroatoms. The minimum Gasteiger partial charge on any atom is -0.314 e. The third-order valence-corrected chi connectivity index (χ3v) is 4.37. The standard InChI is InChI=1S/C15H21FN2/c1-11-8-12(2-3-14(11)16)9-18-7-5-15-13(10-18)4-6-17-15/h2-3,8,13,15,17H,4-7,9-10H2,1H3. The highest BCUT2D eigenvalue weighted by Crippen LogP contribution is 2.25. The molecule has 2 aliphatic heterocycles. The number of fused-ring (bicyclic) bond motifs is 1. The maximum absolute atomic E-state index is 13.2. The van der Waals surface area contributed by atoms with E-state index >= 15 is 0 Å². The summed E-state index contributed by atoms with van der Waals surface area (Å²) in [6, 6.07) is 6.24. The summed E-state index contributed by atoms with van der Waals surface area (Å²) in [5, 5.41) is 3.58. The van der Waals surface area contributed by atoms with E-state index in [-0.39, 0.29) is 5.82 Å². The van der Waals surface area contributed by atoms with E-state index in [1.165, 1.54) is 31.5 Å². The lowest BCUT2D eigenvalue weighted by Gasteiger charge is -2.34. The molecule has 2 nitrogen and oxygen atoms in total. The van der Waals surface area contributed by atoms with Gasteiger partial charge in [-0.1, -0.05) is 12.1 Å². The van der Waals surface area contributed by atoms with E-state index in [1.807, 2.05) is 19.1 Å². The van der Waals surface area contributed by atoms with Crippen LogP contribution < -0.4 is 5.32 Å². The van der Waals surface area contributed by atoms with E-state index in [0.29, 0.717) is 0 Å². The fraction of sp³-hybridized carbons (Fsp3) is 0.600. The Bertz CT molecular complexity index is 433.